The Morgan fingerprint density at radius 1 is 1.21 bits per heavy atom. The number of nitrogens with one attached hydrogen (secondary N) is 2. The standard InChI is InChI=1S/C21H27N3O4/c1-26-19-6-5-15(12-20(19)27-2)7-9-22-16-8-10-23-18(13-16)21(25)24-14-17-4-3-11-28-17/h5-6,8,10,12-13,17H,3-4,7,9,11,14H2,1-2H3,(H,22,23)(H,24,25). The first-order valence-corrected chi connectivity index (χ1v) is 9.50. The van der Waals surface area contributed by atoms with E-state index in [1.54, 1.807) is 26.5 Å². The normalized spacial score (nSPS) is 15.9. The maximum atomic E-state index is 12.3. The minimum atomic E-state index is -0.181. The highest BCUT2D eigenvalue weighted by molar-refractivity contribution is 5.93. The fourth-order valence-electron chi connectivity index (χ4n) is 3.15. The SMILES string of the molecule is COc1ccc(CCNc2ccnc(C(=O)NCC3CCCO3)c2)cc1OC. The molecule has 1 aliphatic rings. The fraction of sp³-hybridized carbons (Fsp3) is 0.429. The Morgan fingerprint density at radius 3 is 2.82 bits per heavy atom. The van der Waals surface area contributed by atoms with E-state index in [-0.39, 0.29) is 12.0 Å². The monoisotopic (exact) mass is 385 g/mol. The first-order valence-electron chi connectivity index (χ1n) is 9.50. The summed E-state index contributed by atoms with van der Waals surface area (Å²) in [4.78, 5) is 16.5. The van der Waals surface area contributed by atoms with Gasteiger partial charge < -0.3 is 24.8 Å². The van der Waals surface area contributed by atoms with E-state index in [0.29, 0.717) is 23.7 Å². The first kappa shape index (κ1) is 19.9. The Kier molecular flexibility index (Phi) is 7.08. The van der Waals surface area contributed by atoms with Crippen LogP contribution in [-0.4, -0.2) is 50.9 Å². The van der Waals surface area contributed by atoms with Gasteiger partial charge in [-0.3, -0.25) is 9.78 Å². The average Bonchev–Trinajstić information content (AvgIpc) is 3.25. The zero-order valence-electron chi connectivity index (χ0n) is 16.4. The smallest absolute Gasteiger partial charge is 0.270 e. The van der Waals surface area contributed by atoms with E-state index in [9.17, 15) is 4.79 Å². The Bertz CT molecular complexity index is 791. The maximum absolute atomic E-state index is 12.3. The van der Waals surface area contributed by atoms with Crippen LogP contribution < -0.4 is 20.1 Å². The van der Waals surface area contributed by atoms with Crippen LogP contribution in [0.1, 0.15) is 28.9 Å². The minimum Gasteiger partial charge on any atom is -0.493 e. The number of aromatic nitrogens is 1. The highest BCUT2D eigenvalue weighted by Crippen LogP contribution is 2.27. The Labute approximate surface area is 165 Å². The predicted octanol–water partition coefficient (Wildman–Crippen LogP) is 2.66. The molecule has 0 bridgehead atoms. The third-order valence-corrected chi connectivity index (χ3v) is 4.70. The van der Waals surface area contributed by atoms with Gasteiger partial charge in [0.05, 0.1) is 20.3 Å². The number of carbonyl (C=O) groups excluding carboxylic acids is 1. The van der Waals surface area contributed by atoms with Crippen molar-refractivity contribution >= 4 is 11.6 Å². The van der Waals surface area contributed by atoms with Crippen molar-refractivity contribution in [2.75, 3.05) is 39.2 Å². The summed E-state index contributed by atoms with van der Waals surface area (Å²) in [6.45, 7) is 2.02. The third kappa shape index (κ3) is 5.36. The number of pyridine rings is 1. The van der Waals surface area contributed by atoms with Gasteiger partial charge in [-0.1, -0.05) is 6.07 Å². The van der Waals surface area contributed by atoms with Gasteiger partial charge in [0.25, 0.3) is 5.91 Å². The second-order valence-electron chi connectivity index (χ2n) is 6.64. The van der Waals surface area contributed by atoms with Gasteiger partial charge in [0.1, 0.15) is 5.69 Å². The highest BCUT2D eigenvalue weighted by atomic mass is 16.5. The van der Waals surface area contributed by atoms with Crippen molar-refractivity contribution in [1.82, 2.24) is 10.3 Å². The second-order valence-corrected chi connectivity index (χ2v) is 6.64. The summed E-state index contributed by atoms with van der Waals surface area (Å²) in [5.74, 6) is 1.25. The van der Waals surface area contributed by atoms with Crippen LogP contribution in [0, 0.1) is 0 Å². The first-order chi connectivity index (χ1) is 13.7. The van der Waals surface area contributed by atoms with Crippen LogP contribution in [0.5, 0.6) is 11.5 Å². The number of methoxy groups -OCH3 is 2. The van der Waals surface area contributed by atoms with Crippen LogP contribution in [0.2, 0.25) is 0 Å². The van der Waals surface area contributed by atoms with Gasteiger partial charge in [-0.05, 0) is 49.1 Å². The molecule has 0 spiro atoms. The van der Waals surface area contributed by atoms with E-state index in [1.165, 1.54) is 0 Å². The average molecular weight is 385 g/mol. The summed E-state index contributed by atoms with van der Waals surface area (Å²) >= 11 is 0. The van der Waals surface area contributed by atoms with Crippen LogP contribution in [0.25, 0.3) is 0 Å². The molecule has 3 rings (SSSR count). The molecule has 1 aromatic heterocycles. The van der Waals surface area contributed by atoms with Crippen LogP contribution in [0.15, 0.2) is 36.5 Å². The molecule has 1 atom stereocenters. The van der Waals surface area contributed by atoms with Crippen LogP contribution in [0.3, 0.4) is 0 Å². The Morgan fingerprint density at radius 2 is 2.07 bits per heavy atom. The zero-order valence-corrected chi connectivity index (χ0v) is 16.4. The molecule has 28 heavy (non-hydrogen) atoms. The van der Waals surface area contributed by atoms with Gasteiger partial charge in [0.2, 0.25) is 0 Å². The largest absolute Gasteiger partial charge is 0.493 e. The van der Waals surface area contributed by atoms with Gasteiger partial charge in [-0.25, -0.2) is 0 Å². The van der Waals surface area contributed by atoms with Crippen molar-refractivity contribution in [3.05, 3.63) is 47.8 Å². The van der Waals surface area contributed by atoms with Crippen LogP contribution in [0.4, 0.5) is 5.69 Å². The summed E-state index contributed by atoms with van der Waals surface area (Å²) in [7, 11) is 3.25. The topological polar surface area (TPSA) is 81.7 Å². The number of benzene rings is 1. The van der Waals surface area contributed by atoms with Gasteiger partial charge in [-0.2, -0.15) is 0 Å². The Balaban J connectivity index is 1.51. The molecule has 1 saturated heterocycles. The van der Waals surface area contributed by atoms with E-state index in [2.05, 4.69) is 15.6 Å². The molecule has 2 N–H and O–H groups in total. The molecule has 150 valence electrons. The van der Waals surface area contributed by atoms with Crippen LogP contribution >= 0.6 is 0 Å². The number of anilines is 1. The molecule has 7 heteroatoms. The number of hydrogen-bond donors (Lipinski definition) is 2. The van der Waals surface area contributed by atoms with Crippen molar-refractivity contribution < 1.29 is 19.0 Å². The number of hydrogen-bond acceptors (Lipinski definition) is 6. The number of amides is 1. The molecular weight excluding hydrogens is 358 g/mol. The molecule has 0 radical (unpaired) electrons. The summed E-state index contributed by atoms with van der Waals surface area (Å²) in [5.41, 5.74) is 2.39. The molecule has 1 aliphatic heterocycles. The van der Waals surface area contributed by atoms with Gasteiger partial charge in [0.15, 0.2) is 11.5 Å². The lowest BCUT2D eigenvalue weighted by Crippen LogP contribution is -2.32. The number of nitrogens with zero attached hydrogens (tertiary/aromatic N) is 1. The molecule has 2 heterocycles. The van der Waals surface area contributed by atoms with Crippen molar-refractivity contribution in [3.63, 3.8) is 0 Å². The molecule has 1 aromatic carbocycles. The lowest BCUT2D eigenvalue weighted by Gasteiger charge is -2.12. The Hall–Kier alpha value is -2.80. The van der Waals surface area contributed by atoms with Gasteiger partial charge >= 0.3 is 0 Å². The van der Waals surface area contributed by atoms with Crippen LogP contribution in [-0.2, 0) is 11.2 Å². The molecule has 7 nitrogen and oxygen atoms in total. The maximum Gasteiger partial charge on any atom is 0.270 e. The lowest BCUT2D eigenvalue weighted by atomic mass is 10.1. The fourth-order valence-corrected chi connectivity index (χ4v) is 3.15. The van der Waals surface area contributed by atoms with Crippen molar-refractivity contribution in [1.29, 1.82) is 0 Å². The summed E-state index contributed by atoms with van der Waals surface area (Å²) < 4.78 is 16.1. The van der Waals surface area contributed by atoms with Crippen molar-refractivity contribution in [3.8, 4) is 11.5 Å². The molecule has 0 saturated carbocycles. The zero-order chi connectivity index (χ0) is 19.8. The van der Waals surface area contributed by atoms with E-state index >= 15 is 0 Å². The third-order valence-electron chi connectivity index (χ3n) is 4.70. The summed E-state index contributed by atoms with van der Waals surface area (Å²) in [6.07, 6.45) is 4.61. The number of ether oxygens (including phenoxy) is 3. The van der Waals surface area contributed by atoms with E-state index in [0.717, 1.165) is 43.7 Å². The van der Waals surface area contributed by atoms with Gasteiger partial charge in [-0.15, -0.1) is 0 Å². The molecule has 0 aliphatic carbocycles. The lowest BCUT2D eigenvalue weighted by molar-refractivity contribution is 0.0854. The highest BCUT2D eigenvalue weighted by Gasteiger charge is 2.17. The van der Waals surface area contributed by atoms with E-state index < -0.39 is 0 Å². The quantitative estimate of drug-likeness (QED) is 0.691. The molecular formula is C21H27N3O4. The van der Waals surface area contributed by atoms with Crippen molar-refractivity contribution in [2.45, 2.75) is 25.4 Å². The molecule has 1 fully saturated rings. The van der Waals surface area contributed by atoms with E-state index in [1.807, 2.05) is 24.3 Å². The second kappa shape index (κ2) is 9.94. The molecule has 1 unspecified atom stereocenters. The number of rotatable bonds is 9. The molecule has 1 amide bonds. The molecule has 2 aromatic rings. The minimum absolute atomic E-state index is 0.117. The number of carbonyl (C=O) groups is 1. The van der Waals surface area contributed by atoms with Crippen molar-refractivity contribution in [2.24, 2.45) is 0 Å². The van der Waals surface area contributed by atoms with E-state index in [4.69, 9.17) is 14.2 Å². The summed E-state index contributed by atoms with van der Waals surface area (Å²) in [6, 6.07) is 9.50. The predicted molar refractivity (Wildman–Crippen MR) is 107 cm³/mol. The summed E-state index contributed by atoms with van der Waals surface area (Å²) in [5, 5.41) is 6.23. The van der Waals surface area contributed by atoms with Gasteiger partial charge in [0, 0.05) is 31.6 Å².